The van der Waals surface area contributed by atoms with Crippen LogP contribution >= 0.6 is 0 Å². The van der Waals surface area contributed by atoms with E-state index in [4.69, 9.17) is 10.6 Å². The lowest BCUT2D eigenvalue weighted by Gasteiger charge is -2.15. The maximum absolute atomic E-state index is 5.39. The highest BCUT2D eigenvalue weighted by molar-refractivity contribution is 5.79. The van der Waals surface area contributed by atoms with Gasteiger partial charge < -0.3 is 14.6 Å². The zero-order valence-electron chi connectivity index (χ0n) is 11.1. The van der Waals surface area contributed by atoms with Crippen molar-refractivity contribution in [1.82, 2.24) is 25.5 Å². The van der Waals surface area contributed by atoms with Crippen molar-refractivity contribution in [2.75, 3.05) is 20.3 Å². The van der Waals surface area contributed by atoms with Crippen LogP contribution in [-0.2, 0) is 18.2 Å². The highest BCUT2D eigenvalue weighted by atomic mass is 16.5. The number of rotatable bonds is 6. The van der Waals surface area contributed by atoms with Crippen LogP contribution < -0.4 is 16.6 Å². The summed E-state index contributed by atoms with van der Waals surface area (Å²) in [5.41, 5.74) is 2.53. The van der Waals surface area contributed by atoms with Gasteiger partial charge in [-0.25, -0.2) is 5.84 Å². The van der Waals surface area contributed by atoms with Crippen LogP contribution in [0.15, 0.2) is 11.3 Å². The molecule has 1 aromatic rings. The fourth-order valence-electron chi connectivity index (χ4n) is 1.46. The summed E-state index contributed by atoms with van der Waals surface area (Å²) in [4.78, 5) is 4.31. The Kier molecular flexibility index (Phi) is 6.09. The maximum Gasteiger partial charge on any atom is 0.206 e. The molecule has 0 saturated heterocycles. The summed E-state index contributed by atoms with van der Waals surface area (Å²) < 4.78 is 6.89. The Labute approximate surface area is 107 Å². The first-order valence-corrected chi connectivity index (χ1v) is 5.76. The SMILES string of the molecule is COCC(C)NC(=NCCc1nncn1C)NN. The Hall–Kier alpha value is -1.67. The molecule has 1 rings (SSSR count). The van der Waals surface area contributed by atoms with Crippen LogP contribution in [0.1, 0.15) is 12.7 Å². The zero-order chi connectivity index (χ0) is 13.4. The average molecular weight is 255 g/mol. The van der Waals surface area contributed by atoms with Gasteiger partial charge in [-0.3, -0.25) is 10.4 Å². The van der Waals surface area contributed by atoms with Crippen molar-refractivity contribution in [3.8, 4) is 0 Å². The Morgan fingerprint density at radius 3 is 3.00 bits per heavy atom. The fourth-order valence-corrected chi connectivity index (χ4v) is 1.46. The van der Waals surface area contributed by atoms with Gasteiger partial charge in [-0.2, -0.15) is 0 Å². The van der Waals surface area contributed by atoms with Crippen LogP contribution in [0.5, 0.6) is 0 Å². The zero-order valence-corrected chi connectivity index (χ0v) is 11.1. The lowest BCUT2D eigenvalue weighted by molar-refractivity contribution is 0.179. The third kappa shape index (κ3) is 4.68. The van der Waals surface area contributed by atoms with Crippen molar-refractivity contribution in [2.24, 2.45) is 17.9 Å². The summed E-state index contributed by atoms with van der Waals surface area (Å²) in [5, 5.41) is 10.9. The van der Waals surface area contributed by atoms with Crippen molar-refractivity contribution in [1.29, 1.82) is 0 Å². The number of aliphatic imine (C=N–C) groups is 1. The van der Waals surface area contributed by atoms with Gasteiger partial charge >= 0.3 is 0 Å². The van der Waals surface area contributed by atoms with Crippen LogP contribution in [0, 0.1) is 0 Å². The second-order valence-electron chi connectivity index (χ2n) is 3.98. The topological polar surface area (TPSA) is 102 Å². The largest absolute Gasteiger partial charge is 0.383 e. The maximum atomic E-state index is 5.39. The third-order valence-corrected chi connectivity index (χ3v) is 2.35. The van der Waals surface area contributed by atoms with E-state index < -0.39 is 0 Å². The first-order valence-electron chi connectivity index (χ1n) is 5.76. The number of hydrogen-bond acceptors (Lipinski definition) is 5. The van der Waals surface area contributed by atoms with Crippen molar-refractivity contribution < 1.29 is 4.74 Å². The second-order valence-corrected chi connectivity index (χ2v) is 3.98. The lowest BCUT2D eigenvalue weighted by atomic mass is 10.4. The summed E-state index contributed by atoms with van der Waals surface area (Å²) in [6, 6.07) is 0.139. The van der Waals surface area contributed by atoms with Gasteiger partial charge in [0, 0.05) is 33.2 Å². The summed E-state index contributed by atoms with van der Waals surface area (Å²) >= 11 is 0. The minimum atomic E-state index is 0.139. The van der Waals surface area contributed by atoms with Gasteiger partial charge in [0.1, 0.15) is 12.2 Å². The molecular weight excluding hydrogens is 234 g/mol. The summed E-state index contributed by atoms with van der Waals surface area (Å²) in [6.45, 7) is 3.15. The molecule has 1 unspecified atom stereocenters. The van der Waals surface area contributed by atoms with Crippen LogP contribution in [0.3, 0.4) is 0 Å². The lowest BCUT2D eigenvalue weighted by Crippen LogP contribution is -2.47. The molecule has 0 bridgehead atoms. The van der Waals surface area contributed by atoms with Crippen LogP contribution in [0.4, 0.5) is 0 Å². The second kappa shape index (κ2) is 7.62. The van der Waals surface area contributed by atoms with Gasteiger partial charge in [-0.1, -0.05) is 0 Å². The van der Waals surface area contributed by atoms with Crippen molar-refractivity contribution in [2.45, 2.75) is 19.4 Å². The molecule has 0 aliphatic rings. The van der Waals surface area contributed by atoms with Crippen LogP contribution in [0.2, 0.25) is 0 Å². The number of ether oxygens (including phenoxy) is 1. The Morgan fingerprint density at radius 2 is 2.44 bits per heavy atom. The van der Waals surface area contributed by atoms with E-state index in [2.05, 4.69) is 25.9 Å². The normalized spacial score (nSPS) is 13.4. The highest BCUT2D eigenvalue weighted by Crippen LogP contribution is 1.93. The van der Waals surface area contributed by atoms with E-state index in [1.165, 1.54) is 0 Å². The third-order valence-electron chi connectivity index (χ3n) is 2.35. The van der Waals surface area contributed by atoms with Crippen molar-refractivity contribution in [3.63, 3.8) is 0 Å². The number of aromatic nitrogens is 3. The average Bonchev–Trinajstić information content (AvgIpc) is 2.74. The smallest absolute Gasteiger partial charge is 0.206 e. The van der Waals surface area contributed by atoms with Gasteiger partial charge in [0.05, 0.1) is 6.61 Å². The van der Waals surface area contributed by atoms with E-state index in [1.54, 1.807) is 13.4 Å². The minimum absolute atomic E-state index is 0.139. The summed E-state index contributed by atoms with van der Waals surface area (Å²) in [5.74, 6) is 6.82. The number of hydrogen-bond donors (Lipinski definition) is 3. The van der Waals surface area contributed by atoms with Crippen LogP contribution in [0.25, 0.3) is 0 Å². The van der Waals surface area contributed by atoms with Crippen molar-refractivity contribution >= 4 is 5.96 Å². The number of nitrogens with one attached hydrogen (secondary N) is 2. The van der Waals surface area contributed by atoms with Gasteiger partial charge in [-0.15, -0.1) is 10.2 Å². The quantitative estimate of drug-likeness (QED) is 0.255. The van der Waals surface area contributed by atoms with Crippen molar-refractivity contribution in [3.05, 3.63) is 12.2 Å². The van der Waals surface area contributed by atoms with Crippen LogP contribution in [-0.4, -0.2) is 47.0 Å². The van der Waals surface area contributed by atoms with E-state index in [9.17, 15) is 0 Å². The summed E-state index contributed by atoms with van der Waals surface area (Å²) in [7, 11) is 3.55. The van der Waals surface area contributed by atoms with Gasteiger partial charge in [0.25, 0.3) is 0 Å². The molecule has 8 heteroatoms. The number of nitrogens with zero attached hydrogens (tertiary/aromatic N) is 4. The number of methoxy groups -OCH3 is 1. The van der Waals surface area contributed by atoms with Gasteiger partial charge in [-0.05, 0) is 6.92 Å². The van der Waals surface area contributed by atoms with E-state index in [-0.39, 0.29) is 6.04 Å². The molecule has 0 aromatic carbocycles. The molecule has 0 fully saturated rings. The molecule has 0 radical (unpaired) electrons. The number of guanidine groups is 1. The molecule has 102 valence electrons. The van der Waals surface area contributed by atoms with Gasteiger partial charge in [0.2, 0.25) is 5.96 Å². The van der Waals surface area contributed by atoms with E-state index in [0.717, 1.165) is 5.82 Å². The molecule has 4 N–H and O–H groups in total. The predicted molar refractivity (Wildman–Crippen MR) is 68.8 cm³/mol. The van der Waals surface area contributed by atoms with E-state index in [1.807, 2.05) is 18.5 Å². The number of nitrogens with two attached hydrogens (primary N) is 1. The van der Waals surface area contributed by atoms with E-state index >= 15 is 0 Å². The molecule has 1 aromatic heterocycles. The first kappa shape index (κ1) is 14.4. The monoisotopic (exact) mass is 255 g/mol. The molecule has 1 atom stereocenters. The molecule has 0 aliphatic heterocycles. The number of hydrazine groups is 1. The Balaban J connectivity index is 2.40. The Bertz CT molecular complexity index is 376. The number of aryl methyl sites for hydroxylation is 1. The summed E-state index contributed by atoms with van der Waals surface area (Å²) in [6.07, 6.45) is 2.38. The van der Waals surface area contributed by atoms with Gasteiger partial charge in [0.15, 0.2) is 0 Å². The molecular formula is C10H21N7O. The highest BCUT2D eigenvalue weighted by Gasteiger charge is 2.04. The molecule has 18 heavy (non-hydrogen) atoms. The molecule has 1 heterocycles. The minimum Gasteiger partial charge on any atom is -0.383 e. The predicted octanol–water partition coefficient (Wildman–Crippen LogP) is -1.20. The molecule has 0 spiro atoms. The molecule has 8 nitrogen and oxygen atoms in total. The van der Waals surface area contributed by atoms with E-state index in [0.29, 0.717) is 25.5 Å². The Morgan fingerprint density at radius 1 is 1.67 bits per heavy atom. The fraction of sp³-hybridized carbons (Fsp3) is 0.700. The molecule has 0 saturated carbocycles. The first-order chi connectivity index (χ1) is 8.67. The molecule has 0 aliphatic carbocycles. The molecule has 0 amide bonds. The standard InChI is InChI=1S/C10H21N7O/c1-8(6-18-3)14-10(15-11)12-5-4-9-16-13-7-17(9)2/h7-8H,4-6,11H2,1-3H3,(H2,12,14,15).